The van der Waals surface area contributed by atoms with Crippen LogP contribution in [0.15, 0.2) is 59.5 Å². The second kappa shape index (κ2) is 8.26. The van der Waals surface area contributed by atoms with Crippen molar-refractivity contribution in [2.24, 2.45) is 5.73 Å². The van der Waals surface area contributed by atoms with Crippen LogP contribution in [0.2, 0.25) is 0 Å². The Balaban J connectivity index is 1.58. The Labute approximate surface area is 172 Å². The Morgan fingerprint density at radius 2 is 1.59 bits per heavy atom. The van der Waals surface area contributed by atoms with Gasteiger partial charge in [0, 0.05) is 25.7 Å². The van der Waals surface area contributed by atoms with E-state index in [2.05, 4.69) is 0 Å². The second-order valence-electron chi connectivity index (χ2n) is 7.85. The van der Waals surface area contributed by atoms with Gasteiger partial charge in [-0.2, -0.15) is 4.31 Å². The molecule has 2 fully saturated rings. The molecule has 2 aromatic rings. The quantitative estimate of drug-likeness (QED) is 0.835. The van der Waals surface area contributed by atoms with Crippen molar-refractivity contribution in [3.05, 3.63) is 54.6 Å². The summed E-state index contributed by atoms with van der Waals surface area (Å²) in [6.07, 6.45) is 2.96. The maximum Gasteiger partial charge on any atom is 0.243 e. The lowest BCUT2D eigenvalue weighted by molar-refractivity contribution is -0.135. The summed E-state index contributed by atoms with van der Waals surface area (Å²) in [6, 6.07) is 16.1. The van der Waals surface area contributed by atoms with Crippen LogP contribution in [0.3, 0.4) is 0 Å². The summed E-state index contributed by atoms with van der Waals surface area (Å²) in [4.78, 5) is 15.0. The van der Waals surface area contributed by atoms with E-state index in [4.69, 9.17) is 5.73 Å². The van der Waals surface area contributed by atoms with Crippen LogP contribution >= 0.6 is 0 Å². The van der Waals surface area contributed by atoms with Crippen molar-refractivity contribution in [1.29, 1.82) is 0 Å². The smallest absolute Gasteiger partial charge is 0.243 e. The number of amides is 1. The molecule has 2 atom stereocenters. The van der Waals surface area contributed by atoms with Crippen LogP contribution in [-0.2, 0) is 14.8 Å². The van der Waals surface area contributed by atoms with E-state index in [1.54, 1.807) is 17.0 Å². The van der Waals surface area contributed by atoms with Crippen molar-refractivity contribution in [3.8, 4) is 11.1 Å². The summed E-state index contributed by atoms with van der Waals surface area (Å²) in [6.45, 7) is 1.49. The Morgan fingerprint density at radius 3 is 2.24 bits per heavy atom. The normalized spacial score (nSPS) is 23.3. The van der Waals surface area contributed by atoms with Gasteiger partial charge >= 0.3 is 0 Å². The maximum atomic E-state index is 13.4. The van der Waals surface area contributed by atoms with Gasteiger partial charge in [0.05, 0.1) is 4.90 Å². The lowest BCUT2D eigenvalue weighted by atomic mass is 10.0. The van der Waals surface area contributed by atoms with Gasteiger partial charge < -0.3 is 10.6 Å². The van der Waals surface area contributed by atoms with E-state index >= 15 is 0 Å². The van der Waals surface area contributed by atoms with Gasteiger partial charge in [0.1, 0.15) is 6.04 Å². The third-order valence-corrected chi connectivity index (χ3v) is 7.77. The van der Waals surface area contributed by atoms with E-state index in [9.17, 15) is 13.2 Å². The molecule has 0 saturated carbocycles. The predicted molar refractivity (Wildman–Crippen MR) is 113 cm³/mol. The molecular weight excluding hydrogens is 386 g/mol. The zero-order valence-corrected chi connectivity index (χ0v) is 17.2. The topological polar surface area (TPSA) is 83.7 Å². The van der Waals surface area contributed by atoms with E-state index in [0.717, 1.165) is 30.4 Å². The largest absolute Gasteiger partial charge is 0.340 e. The van der Waals surface area contributed by atoms with Gasteiger partial charge in [-0.1, -0.05) is 48.9 Å². The molecule has 6 nitrogen and oxygen atoms in total. The number of sulfonamides is 1. The van der Waals surface area contributed by atoms with Crippen molar-refractivity contribution in [3.63, 3.8) is 0 Å². The number of hydrogen-bond acceptors (Lipinski definition) is 4. The lowest BCUT2D eigenvalue weighted by Gasteiger charge is -2.35. The van der Waals surface area contributed by atoms with Gasteiger partial charge in [0.15, 0.2) is 0 Å². The van der Waals surface area contributed by atoms with Crippen molar-refractivity contribution < 1.29 is 13.2 Å². The third kappa shape index (κ3) is 4.08. The molecule has 1 amide bonds. The molecule has 29 heavy (non-hydrogen) atoms. The Morgan fingerprint density at radius 1 is 0.897 bits per heavy atom. The second-order valence-corrected chi connectivity index (χ2v) is 9.74. The van der Waals surface area contributed by atoms with Crippen molar-refractivity contribution in [2.45, 2.75) is 42.7 Å². The monoisotopic (exact) mass is 413 g/mol. The number of carbonyl (C=O) groups is 1. The average molecular weight is 414 g/mol. The molecular formula is C22H27N3O3S. The van der Waals surface area contributed by atoms with E-state index in [0.29, 0.717) is 26.1 Å². The molecule has 0 unspecified atom stereocenters. The van der Waals surface area contributed by atoms with E-state index in [1.807, 2.05) is 42.5 Å². The molecule has 2 aliphatic heterocycles. The zero-order chi connectivity index (χ0) is 20.4. The Kier molecular flexibility index (Phi) is 5.72. The minimum Gasteiger partial charge on any atom is -0.340 e. The fourth-order valence-corrected chi connectivity index (χ4v) is 5.87. The molecule has 154 valence electrons. The van der Waals surface area contributed by atoms with Gasteiger partial charge in [-0.15, -0.1) is 0 Å². The van der Waals surface area contributed by atoms with Gasteiger partial charge in [-0.05, 0) is 42.5 Å². The van der Waals surface area contributed by atoms with Gasteiger partial charge in [-0.25, -0.2) is 8.42 Å². The number of rotatable bonds is 4. The first-order chi connectivity index (χ1) is 14.0. The number of carbonyl (C=O) groups excluding carboxylic acids is 1. The first kappa shape index (κ1) is 20.1. The number of piperidine rings is 1. The number of benzene rings is 2. The summed E-state index contributed by atoms with van der Waals surface area (Å²) < 4.78 is 28.1. The van der Waals surface area contributed by atoms with Gasteiger partial charge in [0.25, 0.3) is 0 Å². The molecule has 0 spiro atoms. The fraction of sp³-hybridized carbons (Fsp3) is 0.409. The molecule has 2 saturated heterocycles. The molecule has 0 radical (unpaired) electrons. The van der Waals surface area contributed by atoms with Crippen LogP contribution in [-0.4, -0.2) is 55.2 Å². The van der Waals surface area contributed by atoms with Crippen LogP contribution in [0.1, 0.15) is 25.7 Å². The van der Waals surface area contributed by atoms with Gasteiger partial charge in [-0.3, -0.25) is 4.79 Å². The standard InChI is InChI=1S/C22H27N3O3S/c23-19-13-15-24(16-19)22(26)21-8-4-5-14-25(21)29(27,28)20-11-9-18(10-12-20)17-6-2-1-3-7-17/h1-3,6-7,9-12,19,21H,4-5,8,13-16,23H2/t19-,21+/m0/s1. The highest BCUT2D eigenvalue weighted by Gasteiger charge is 2.40. The fourth-order valence-electron chi connectivity index (χ4n) is 4.22. The molecule has 0 aromatic heterocycles. The average Bonchev–Trinajstić information content (AvgIpc) is 3.20. The van der Waals surface area contributed by atoms with E-state index < -0.39 is 16.1 Å². The van der Waals surface area contributed by atoms with E-state index in [-0.39, 0.29) is 16.8 Å². The highest BCUT2D eigenvalue weighted by Crippen LogP contribution is 2.29. The number of nitrogens with two attached hydrogens (primary N) is 1. The van der Waals surface area contributed by atoms with Gasteiger partial charge in [0.2, 0.25) is 15.9 Å². The first-order valence-corrected chi connectivity index (χ1v) is 11.6. The SMILES string of the molecule is N[C@H]1CCN(C(=O)[C@H]2CCCCN2S(=O)(=O)c2ccc(-c3ccccc3)cc2)C1. The van der Waals surface area contributed by atoms with Crippen LogP contribution in [0, 0.1) is 0 Å². The molecule has 2 aromatic carbocycles. The molecule has 2 aliphatic rings. The van der Waals surface area contributed by atoms with Crippen molar-refractivity contribution in [1.82, 2.24) is 9.21 Å². The van der Waals surface area contributed by atoms with Crippen LogP contribution in [0.25, 0.3) is 11.1 Å². The summed E-state index contributed by atoms with van der Waals surface area (Å²) in [5, 5.41) is 0. The molecule has 4 rings (SSSR count). The minimum absolute atomic E-state index is 0.0156. The predicted octanol–water partition coefficient (Wildman–Crippen LogP) is 2.46. The summed E-state index contributed by atoms with van der Waals surface area (Å²) in [5.74, 6) is -0.109. The third-order valence-electron chi connectivity index (χ3n) is 5.84. The lowest BCUT2D eigenvalue weighted by Crippen LogP contribution is -2.52. The summed E-state index contributed by atoms with van der Waals surface area (Å²) in [5.41, 5.74) is 7.94. The first-order valence-electron chi connectivity index (χ1n) is 10.2. The summed E-state index contributed by atoms with van der Waals surface area (Å²) >= 11 is 0. The Hall–Kier alpha value is -2.22. The zero-order valence-electron chi connectivity index (χ0n) is 16.4. The van der Waals surface area contributed by atoms with Crippen LogP contribution < -0.4 is 5.73 Å². The molecule has 7 heteroatoms. The minimum atomic E-state index is -3.74. The molecule has 2 N–H and O–H groups in total. The molecule has 0 bridgehead atoms. The molecule has 2 heterocycles. The highest BCUT2D eigenvalue weighted by molar-refractivity contribution is 7.89. The Bertz CT molecular complexity index is 961. The number of nitrogens with zero attached hydrogens (tertiary/aromatic N) is 2. The van der Waals surface area contributed by atoms with Crippen molar-refractivity contribution >= 4 is 15.9 Å². The van der Waals surface area contributed by atoms with Crippen LogP contribution in [0.4, 0.5) is 0 Å². The van der Waals surface area contributed by atoms with Crippen LogP contribution in [0.5, 0.6) is 0 Å². The number of likely N-dealkylation sites (tertiary alicyclic amines) is 1. The highest BCUT2D eigenvalue weighted by atomic mass is 32.2. The number of hydrogen-bond donors (Lipinski definition) is 1. The van der Waals surface area contributed by atoms with Crippen molar-refractivity contribution in [2.75, 3.05) is 19.6 Å². The maximum absolute atomic E-state index is 13.4. The molecule has 0 aliphatic carbocycles. The van der Waals surface area contributed by atoms with E-state index in [1.165, 1.54) is 4.31 Å². The summed E-state index contributed by atoms with van der Waals surface area (Å²) in [7, 11) is -3.74.